The topological polar surface area (TPSA) is 38.5 Å². The molecule has 0 saturated carbocycles. The highest BCUT2D eigenvalue weighted by Gasteiger charge is 2.11. The van der Waals surface area contributed by atoms with Crippen LogP contribution in [0.5, 0.6) is 0 Å². The van der Waals surface area contributed by atoms with Crippen molar-refractivity contribution in [2.24, 2.45) is 5.90 Å². The molecule has 1 aliphatic rings. The van der Waals surface area contributed by atoms with Crippen LogP contribution in [0.4, 0.5) is 0 Å². The van der Waals surface area contributed by atoms with Crippen LogP contribution in [-0.4, -0.2) is 18.0 Å². The number of nitrogens with two attached hydrogens (primary N) is 1. The quantitative estimate of drug-likeness (QED) is 0.458. The van der Waals surface area contributed by atoms with Crippen LogP contribution in [0.2, 0.25) is 0 Å². The highest BCUT2D eigenvalue weighted by molar-refractivity contribution is 4.84. The van der Waals surface area contributed by atoms with Crippen molar-refractivity contribution in [1.29, 1.82) is 0 Å². The minimum atomic E-state index is 0.597. The molecule has 0 spiro atoms. The zero-order chi connectivity index (χ0) is 7.40. The maximum Gasteiger partial charge on any atom is 0.206 e. The lowest BCUT2D eigenvalue weighted by Crippen LogP contribution is -2.30. The highest BCUT2D eigenvalue weighted by Crippen LogP contribution is 2.12. The molecule has 58 valence electrons. The van der Waals surface area contributed by atoms with Gasteiger partial charge in [0.05, 0.1) is 0 Å². The number of likely N-dealkylation sites (tertiary alicyclic amines) is 1. The summed E-state index contributed by atoms with van der Waals surface area (Å²) in [4.78, 5) is 6.59. The van der Waals surface area contributed by atoms with E-state index in [4.69, 9.17) is 5.90 Å². The first-order valence-electron chi connectivity index (χ1n) is 3.65. The molecule has 0 aromatic carbocycles. The third kappa shape index (κ3) is 1.64. The largest absolute Gasteiger partial charge is 0.394 e. The Morgan fingerprint density at radius 2 is 1.90 bits per heavy atom. The lowest BCUT2D eigenvalue weighted by molar-refractivity contribution is 0.102. The summed E-state index contributed by atoms with van der Waals surface area (Å²) in [5.41, 5.74) is 0. The molecule has 3 nitrogen and oxygen atoms in total. The van der Waals surface area contributed by atoms with Crippen LogP contribution in [0.1, 0.15) is 19.3 Å². The van der Waals surface area contributed by atoms with Crippen molar-refractivity contribution in [3.63, 3.8) is 0 Å². The molecule has 3 heteroatoms. The second-order valence-electron chi connectivity index (χ2n) is 2.56. The summed E-state index contributed by atoms with van der Waals surface area (Å²) in [5.74, 6) is 5.56. The van der Waals surface area contributed by atoms with Gasteiger partial charge in [-0.2, -0.15) is 5.90 Å². The normalized spacial score (nSPS) is 18.7. The number of piperidine rings is 1. The fraction of sp³-hybridized carbons (Fsp3) is 0.714. The molecule has 10 heavy (non-hydrogen) atoms. The van der Waals surface area contributed by atoms with Gasteiger partial charge in [0.1, 0.15) is 0 Å². The van der Waals surface area contributed by atoms with E-state index in [1.807, 2.05) is 0 Å². The van der Waals surface area contributed by atoms with Gasteiger partial charge in [-0.1, -0.05) is 0 Å². The maximum atomic E-state index is 4.96. The lowest BCUT2D eigenvalue weighted by Gasteiger charge is -2.27. The van der Waals surface area contributed by atoms with Crippen molar-refractivity contribution in [3.05, 3.63) is 12.5 Å². The van der Waals surface area contributed by atoms with Crippen molar-refractivity contribution < 1.29 is 4.84 Å². The van der Waals surface area contributed by atoms with Gasteiger partial charge >= 0.3 is 0 Å². The summed E-state index contributed by atoms with van der Waals surface area (Å²) in [6, 6.07) is 0. The summed E-state index contributed by atoms with van der Waals surface area (Å²) in [6.07, 6.45) is 3.76. The lowest BCUT2D eigenvalue weighted by atomic mass is 10.1. The molecule has 1 rings (SSSR count). The monoisotopic (exact) mass is 142 g/mol. The first-order valence-corrected chi connectivity index (χ1v) is 3.65. The summed E-state index contributed by atoms with van der Waals surface area (Å²) < 4.78 is 0. The fourth-order valence-electron chi connectivity index (χ4n) is 1.22. The molecule has 0 radical (unpaired) electrons. The molecule has 0 unspecified atom stereocenters. The molecule has 2 N–H and O–H groups in total. The van der Waals surface area contributed by atoms with Crippen molar-refractivity contribution in [1.82, 2.24) is 4.90 Å². The number of hydrogen-bond donors (Lipinski definition) is 1. The van der Waals surface area contributed by atoms with Crippen LogP contribution in [0.15, 0.2) is 12.5 Å². The molecule has 1 heterocycles. The van der Waals surface area contributed by atoms with E-state index in [2.05, 4.69) is 16.3 Å². The molecule has 1 aliphatic heterocycles. The van der Waals surface area contributed by atoms with E-state index in [1.165, 1.54) is 19.3 Å². The number of nitrogens with zero attached hydrogens (tertiary/aromatic N) is 1. The molecular formula is C7H14N2O. The van der Waals surface area contributed by atoms with E-state index in [0.717, 1.165) is 13.1 Å². The predicted octanol–water partition coefficient (Wildman–Crippen LogP) is 0.834. The average Bonchev–Trinajstić information content (AvgIpc) is 2.05. The Morgan fingerprint density at radius 3 is 2.40 bits per heavy atom. The third-order valence-electron chi connectivity index (χ3n) is 1.84. The number of hydrogen-bond acceptors (Lipinski definition) is 3. The van der Waals surface area contributed by atoms with Crippen molar-refractivity contribution >= 4 is 0 Å². The fourth-order valence-corrected chi connectivity index (χ4v) is 1.22. The van der Waals surface area contributed by atoms with Gasteiger partial charge in [-0.3, -0.25) is 0 Å². The van der Waals surface area contributed by atoms with Crippen LogP contribution < -0.4 is 5.90 Å². The molecule has 0 amide bonds. The van der Waals surface area contributed by atoms with Gasteiger partial charge in [-0.25, -0.2) is 0 Å². The van der Waals surface area contributed by atoms with Crippen LogP contribution in [0, 0.1) is 0 Å². The van der Waals surface area contributed by atoms with Gasteiger partial charge in [0.15, 0.2) is 0 Å². The van der Waals surface area contributed by atoms with Crippen LogP contribution in [-0.2, 0) is 4.84 Å². The Balaban J connectivity index is 2.31. The van der Waals surface area contributed by atoms with Gasteiger partial charge < -0.3 is 9.74 Å². The second kappa shape index (κ2) is 3.46. The smallest absolute Gasteiger partial charge is 0.206 e. The molecule has 0 atom stereocenters. The molecule has 0 aromatic rings. The maximum absolute atomic E-state index is 4.96. The third-order valence-corrected chi connectivity index (χ3v) is 1.84. The van der Waals surface area contributed by atoms with Crippen molar-refractivity contribution in [3.8, 4) is 0 Å². The molecule has 0 bridgehead atoms. The molecule has 0 aromatic heterocycles. The van der Waals surface area contributed by atoms with E-state index in [9.17, 15) is 0 Å². The summed E-state index contributed by atoms with van der Waals surface area (Å²) in [5, 5.41) is 0. The van der Waals surface area contributed by atoms with Crippen LogP contribution in [0.3, 0.4) is 0 Å². The Kier molecular flexibility index (Phi) is 2.57. The minimum absolute atomic E-state index is 0.597. The van der Waals surface area contributed by atoms with E-state index in [1.54, 1.807) is 0 Å². The SMILES string of the molecule is C=C(ON)N1CCCCC1. The molecule has 1 fully saturated rings. The number of rotatable bonds is 2. The van der Waals surface area contributed by atoms with Crippen LogP contribution >= 0.6 is 0 Å². The molecular weight excluding hydrogens is 128 g/mol. The molecule has 1 saturated heterocycles. The Hall–Kier alpha value is -0.700. The summed E-state index contributed by atoms with van der Waals surface area (Å²) in [7, 11) is 0. The Labute approximate surface area is 61.4 Å². The first kappa shape index (κ1) is 7.41. The predicted molar refractivity (Wildman–Crippen MR) is 39.8 cm³/mol. The molecule has 0 aliphatic carbocycles. The van der Waals surface area contributed by atoms with E-state index >= 15 is 0 Å². The highest BCUT2D eigenvalue weighted by atomic mass is 16.6. The zero-order valence-corrected chi connectivity index (χ0v) is 6.18. The van der Waals surface area contributed by atoms with Gasteiger partial charge in [0.25, 0.3) is 0 Å². The van der Waals surface area contributed by atoms with E-state index < -0.39 is 0 Å². The first-order chi connectivity index (χ1) is 4.84. The van der Waals surface area contributed by atoms with Gasteiger partial charge in [-0.05, 0) is 25.8 Å². The van der Waals surface area contributed by atoms with Gasteiger partial charge in [0.2, 0.25) is 5.88 Å². The van der Waals surface area contributed by atoms with Gasteiger partial charge in [-0.15, -0.1) is 0 Å². The summed E-state index contributed by atoms with van der Waals surface area (Å²) >= 11 is 0. The Bertz CT molecular complexity index is 119. The minimum Gasteiger partial charge on any atom is -0.394 e. The summed E-state index contributed by atoms with van der Waals surface area (Å²) in [6.45, 7) is 5.75. The van der Waals surface area contributed by atoms with Crippen molar-refractivity contribution in [2.75, 3.05) is 13.1 Å². The zero-order valence-electron chi connectivity index (χ0n) is 6.18. The van der Waals surface area contributed by atoms with E-state index in [0.29, 0.717) is 5.88 Å². The Morgan fingerprint density at radius 1 is 1.30 bits per heavy atom. The standard InChI is InChI=1S/C7H14N2O/c1-7(10-8)9-5-3-2-4-6-9/h1-6,8H2. The average molecular weight is 142 g/mol. The second-order valence-corrected chi connectivity index (χ2v) is 2.56. The van der Waals surface area contributed by atoms with E-state index in [-0.39, 0.29) is 0 Å². The van der Waals surface area contributed by atoms with Crippen LogP contribution in [0.25, 0.3) is 0 Å². The van der Waals surface area contributed by atoms with Crippen molar-refractivity contribution in [2.45, 2.75) is 19.3 Å². The van der Waals surface area contributed by atoms with Gasteiger partial charge in [0, 0.05) is 13.1 Å².